The highest BCUT2D eigenvalue weighted by Crippen LogP contribution is 2.36. The number of alkyl carbamates (subject to hydrolysis) is 1. The number of amides is 2. The number of carbonyl (C=O) groups excluding carboxylic acids is 2. The molecular weight excluding hydrogens is 473 g/mol. The number of rotatable bonds is 7. The maximum absolute atomic E-state index is 13.2. The number of hydrogen-bond donors (Lipinski definition) is 1. The van der Waals surface area contributed by atoms with Crippen LogP contribution in [0.1, 0.15) is 82.1 Å². The van der Waals surface area contributed by atoms with Gasteiger partial charge in [0.25, 0.3) is 0 Å². The second-order valence-electron chi connectivity index (χ2n) is 12.3. The van der Waals surface area contributed by atoms with Crippen LogP contribution in [0, 0.1) is 0 Å². The molecule has 0 radical (unpaired) electrons. The predicted octanol–water partition coefficient (Wildman–Crippen LogP) is 2.89. The Morgan fingerprint density at radius 3 is 2.24 bits per heavy atom. The van der Waals surface area contributed by atoms with Gasteiger partial charge in [0.15, 0.2) is 0 Å². The molecule has 2 aliphatic heterocycles. The first-order valence-corrected chi connectivity index (χ1v) is 13.2. The smallest absolute Gasteiger partial charge is 0.444 e. The van der Waals surface area contributed by atoms with E-state index >= 15 is 0 Å². The molecule has 2 fully saturated rings. The van der Waals surface area contributed by atoms with Crippen molar-refractivity contribution in [2.45, 2.75) is 117 Å². The van der Waals surface area contributed by atoms with Crippen molar-refractivity contribution in [3.05, 3.63) is 12.4 Å². The fourth-order valence-corrected chi connectivity index (χ4v) is 4.44. The summed E-state index contributed by atoms with van der Waals surface area (Å²) in [6.45, 7) is 20.5. The first-order chi connectivity index (χ1) is 17.0. The Hall–Kier alpha value is -2.40. The molecule has 3 heterocycles. The van der Waals surface area contributed by atoms with Crippen molar-refractivity contribution in [3.63, 3.8) is 0 Å². The van der Waals surface area contributed by atoms with Gasteiger partial charge in [-0.05, 0) is 82.1 Å². The highest BCUT2D eigenvalue weighted by Gasteiger charge is 2.52. The monoisotopic (exact) mass is 517 g/mol. The van der Waals surface area contributed by atoms with Crippen LogP contribution >= 0.6 is 0 Å². The minimum absolute atomic E-state index is 0.0100. The van der Waals surface area contributed by atoms with E-state index < -0.39 is 36.1 Å². The molecule has 11 heteroatoms. The van der Waals surface area contributed by atoms with E-state index in [4.69, 9.17) is 14.0 Å². The van der Waals surface area contributed by atoms with Crippen molar-refractivity contribution < 1.29 is 23.6 Å². The van der Waals surface area contributed by atoms with Gasteiger partial charge in [-0.3, -0.25) is 4.79 Å². The molecule has 0 aliphatic carbocycles. The fourth-order valence-electron chi connectivity index (χ4n) is 4.44. The van der Waals surface area contributed by atoms with Gasteiger partial charge < -0.3 is 29.2 Å². The quantitative estimate of drug-likeness (QED) is 0.551. The molecule has 0 aromatic carbocycles. The number of carbonyl (C=O) groups is 2. The third-order valence-corrected chi connectivity index (χ3v) is 7.24. The molecule has 10 nitrogen and oxygen atoms in total. The van der Waals surface area contributed by atoms with Gasteiger partial charge in [-0.25, -0.2) is 14.8 Å². The Balaban J connectivity index is 1.67. The van der Waals surface area contributed by atoms with Gasteiger partial charge in [-0.15, -0.1) is 0 Å². The molecular formula is C26H44BN5O5. The van der Waals surface area contributed by atoms with Crippen LogP contribution in [0.3, 0.4) is 0 Å². The number of hydrogen-bond acceptors (Lipinski definition) is 8. The Kier molecular flexibility index (Phi) is 8.49. The Morgan fingerprint density at radius 2 is 1.73 bits per heavy atom. The summed E-state index contributed by atoms with van der Waals surface area (Å²) in [7, 11) is -0.520. The van der Waals surface area contributed by atoms with Crippen LogP contribution in [0.25, 0.3) is 0 Å². The predicted molar refractivity (Wildman–Crippen MR) is 144 cm³/mol. The van der Waals surface area contributed by atoms with E-state index in [0.717, 1.165) is 18.3 Å². The molecule has 0 bridgehead atoms. The van der Waals surface area contributed by atoms with Crippen molar-refractivity contribution in [1.82, 2.24) is 20.2 Å². The highest BCUT2D eigenvalue weighted by atomic mass is 16.7. The highest BCUT2D eigenvalue weighted by molar-refractivity contribution is 6.61. The molecule has 0 spiro atoms. The lowest BCUT2D eigenvalue weighted by atomic mass is 9.81. The summed E-state index contributed by atoms with van der Waals surface area (Å²) in [5.74, 6) is 0.476. The van der Waals surface area contributed by atoms with E-state index in [1.54, 1.807) is 40.1 Å². The molecule has 1 aromatic rings. The zero-order chi connectivity index (χ0) is 27.8. The van der Waals surface area contributed by atoms with Crippen LogP contribution in [-0.4, -0.2) is 82.0 Å². The molecule has 0 saturated carbocycles. The van der Waals surface area contributed by atoms with Crippen LogP contribution < -0.4 is 15.7 Å². The van der Waals surface area contributed by atoms with Gasteiger partial charge >= 0.3 is 13.2 Å². The Labute approximate surface area is 222 Å². The Morgan fingerprint density at radius 1 is 1.16 bits per heavy atom. The van der Waals surface area contributed by atoms with Gasteiger partial charge in [0.2, 0.25) is 11.9 Å². The van der Waals surface area contributed by atoms with Gasteiger partial charge in [0.05, 0.1) is 11.2 Å². The van der Waals surface area contributed by atoms with Crippen LogP contribution in [0.15, 0.2) is 12.4 Å². The third-order valence-electron chi connectivity index (χ3n) is 7.24. The summed E-state index contributed by atoms with van der Waals surface area (Å²) in [6.07, 6.45) is 4.70. The molecule has 3 rings (SSSR count). The molecule has 2 atom stereocenters. The van der Waals surface area contributed by atoms with Crippen molar-refractivity contribution >= 4 is 30.5 Å². The van der Waals surface area contributed by atoms with E-state index in [1.165, 1.54) is 0 Å². The van der Waals surface area contributed by atoms with E-state index in [2.05, 4.69) is 34.0 Å². The number of nitrogens with zero attached hydrogens (tertiary/aromatic N) is 4. The van der Waals surface area contributed by atoms with Crippen molar-refractivity contribution in [2.24, 2.45) is 0 Å². The van der Waals surface area contributed by atoms with Crippen LogP contribution in [-0.2, 0) is 18.8 Å². The lowest BCUT2D eigenvalue weighted by Crippen LogP contribution is -2.52. The summed E-state index contributed by atoms with van der Waals surface area (Å²) < 4.78 is 17.6. The average molecular weight is 517 g/mol. The molecule has 1 N–H and O–H groups in total. The van der Waals surface area contributed by atoms with Gasteiger partial charge in [0.1, 0.15) is 11.6 Å². The lowest BCUT2D eigenvalue weighted by molar-refractivity contribution is -0.133. The lowest BCUT2D eigenvalue weighted by Gasteiger charge is -2.34. The maximum atomic E-state index is 13.2. The van der Waals surface area contributed by atoms with Gasteiger partial charge in [0, 0.05) is 43.0 Å². The maximum Gasteiger partial charge on any atom is 0.498 e. The number of anilines is 1. The summed E-state index contributed by atoms with van der Waals surface area (Å²) in [6, 6.07) is -0.569. The molecule has 37 heavy (non-hydrogen) atoms. The van der Waals surface area contributed by atoms with Crippen molar-refractivity contribution in [3.8, 4) is 0 Å². The molecule has 2 saturated heterocycles. The number of nitrogens with one attached hydrogen (secondary N) is 1. The SMILES string of the molecule is CC(C)N(C[C@@H]1CCCN1C(=O)[C@H](C)NC(=O)OC(C)(C)C)c1ncc(B2OC(C)(C)C(C)(C)O2)cn1. The van der Waals surface area contributed by atoms with Crippen molar-refractivity contribution in [1.29, 1.82) is 0 Å². The van der Waals surface area contributed by atoms with Crippen LogP contribution in [0.5, 0.6) is 0 Å². The van der Waals surface area contributed by atoms with Crippen LogP contribution in [0.4, 0.5) is 10.7 Å². The van der Waals surface area contributed by atoms with E-state index in [-0.39, 0.29) is 18.0 Å². The molecule has 2 aliphatic rings. The third kappa shape index (κ3) is 6.93. The summed E-state index contributed by atoms with van der Waals surface area (Å²) in [5.41, 5.74) is -0.729. The molecule has 0 unspecified atom stereocenters. The fraction of sp³-hybridized carbons (Fsp3) is 0.769. The standard InChI is InChI=1S/C26H44BN5O5/c1-17(2)32(22-28-14-19(15-29-22)27-36-25(7,8)26(9,10)37-27)16-20-12-11-13-31(20)21(33)18(3)30-23(34)35-24(4,5)6/h14-15,17-18,20H,11-13,16H2,1-10H3,(H,30,34)/t18-,20-/m0/s1. The van der Waals surface area contributed by atoms with Crippen LogP contribution in [0.2, 0.25) is 0 Å². The molecule has 2 amide bonds. The van der Waals surface area contributed by atoms with Crippen molar-refractivity contribution in [2.75, 3.05) is 18.0 Å². The second-order valence-corrected chi connectivity index (χ2v) is 12.3. The summed E-state index contributed by atoms with van der Waals surface area (Å²) in [4.78, 5) is 38.6. The topological polar surface area (TPSA) is 106 Å². The summed E-state index contributed by atoms with van der Waals surface area (Å²) in [5, 5.41) is 2.67. The number of aromatic nitrogens is 2. The average Bonchev–Trinajstić information content (AvgIpc) is 3.31. The normalized spacial score (nSPS) is 21.8. The van der Waals surface area contributed by atoms with E-state index in [1.807, 2.05) is 32.6 Å². The van der Waals surface area contributed by atoms with E-state index in [0.29, 0.717) is 19.0 Å². The number of ether oxygens (including phenoxy) is 1. The minimum Gasteiger partial charge on any atom is -0.444 e. The van der Waals surface area contributed by atoms with Gasteiger partial charge in [-0.1, -0.05) is 0 Å². The molecule has 206 valence electrons. The second kappa shape index (κ2) is 10.8. The zero-order valence-electron chi connectivity index (χ0n) is 24.1. The van der Waals surface area contributed by atoms with Gasteiger partial charge in [-0.2, -0.15) is 0 Å². The largest absolute Gasteiger partial charge is 0.498 e. The minimum atomic E-state index is -0.682. The summed E-state index contributed by atoms with van der Waals surface area (Å²) >= 11 is 0. The zero-order valence-corrected chi connectivity index (χ0v) is 24.1. The van der Waals surface area contributed by atoms with E-state index in [9.17, 15) is 9.59 Å². The molecule has 1 aromatic heterocycles. The first-order valence-electron chi connectivity index (χ1n) is 13.2. The Bertz CT molecular complexity index is 947. The number of likely N-dealkylation sites (tertiary alicyclic amines) is 1. The first kappa shape index (κ1) is 29.2.